The highest BCUT2D eigenvalue weighted by molar-refractivity contribution is 5.72. The van der Waals surface area contributed by atoms with Gasteiger partial charge in [-0.3, -0.25) is 4.79 Å². The number of carboxylic acid groups (broad SMARTS) is 1. The first-order valence-electron chi connectivity index (χ1n) is 12.1. The number of anilines is 1. The van der Waals surface area contributed by atoms with Gasteiger partial charge in [-0.1, -0.05) is 19.9 Å². The van der Waals surface area contributed by atoms with Gasteiger partial charge in [0.25, 0.3) is 0 Å². The summed E-state index contributed by atoms with van der Waals surface area (Å²) < 4.78 is 35.1. The minimum Gasteiger partial charge on any atom is -0.481 e. The van der Waals surface area contributed by atoms with E-state index in [1.807, 2.05) is 0 Å². The van der Waals surface area contributed by atoms with E-state index < -0.39 is 16.2 Å². The molecule has 4 rings (SSSR count). The van der Waals surface area contributed by atoms with Gasteiger partial charge in [0, 0.05) is 57.1 Å². The van der Waals surface area contributed by atoms with Gasteiger partial charge in [0.1, 0.15) is 6.54 Å². The van der Waals surface area contributed by atoms with Gasteiger partial charge in [-0.2, -0.15) is 14.0 Å². The Labute approximate surface area is 219 Å². The molecule has 2 aliphatic rings. The molecule has 200 valence electrons. The van der Waals surface area contributed by atoms with Crippen molar-refractivity contribution in [3.8, 4) is 0 Å². The molecule has 0 saturated carbocycles. The molecule has 0 aromatic heterocycles. The van der Waals surface area contributed by atoms with Crippen LogP contribution in [0.4, 0.5) is 5.69 Å². The van der Waals surface area contributed by atoms with Crippen LogP contribution in [0.15, 0.2) is 36.4 Å². The number of rotatable bonds is 5. The van der Waals surface area contributed by atoms with E-state index in [9.17, 15) is 4.79 Å². The minimum atomic E-state index is -4.69. The molecule has 1 heterocycles. The second kappa shape index (κ2) is 10.2. The van der Waals surface area contributed by atoms with Gasteiger partial charge in [0.2, 0.25) is 5.36 Å². The monoisotopic (exact) mass is 531 g/mol. The summed E-state index contributed by atoms with van der Waals surface area (Å²) in [7, 11) is -0.532. The number of nitrogens with zero attached hydrogens (tertiary/aromatic N) is 2. The molecule has 1 aliphatic heterocycles. The van der Waals surface area contributed by atoms with E-state index in [1.54, 1.807) is 0 Å². The van der Waals surface area contributed by atoms with Crippen molar-refractivity contribution in [1.29, 1.82) is 0 Å². The summed E-state index contributed by atoms with van der Waals surface area (Å²) in [5.41, 5.74) is 7.39. The number of hydrogen-bond acceptors (Lipinski definition) is 6. The molecule has 2 aromatic carbocycles. The van der Waals surface area contributed by atoms with Crippen LogP contribution in [-0.4, -0.2) is 41.9 Å². The maximum absolute atomic E-state index is 11.1. The Kier molecular flexibility index (Phi) is 7.94. The average Bonchev–Trinajstić information content (AvgIpc) is 2.73. The third-order valence-corrected chi connectivity index (χ3v) is 7.13. The molecule has 0 fully saturated rings. The third-order valence-electron chi connectivity index (χ3n) is 7.13. The average molecular weight is 532 g/mol. The molecular weight excluding hydrogens is 496 g/mol. The fraction of sp³-hybridized carbons (Fsp3) is 0.429. The highest BCUT2D eigenvalue weighted by atomic mass is 35.7. The van der Waals surface area contributed by atoms with E-state index in [0.29, 0.717) is 6.42 Å². The molecule has 0 radical (unpaired) electrons. The summed E-state index contributed by atoms with van der Waals surface area (Å²) in [4.78, 5) is 13.3. The van der Waals surface area contributed by atoms with Gasteiger partial charge in [-0.25, -0.2) is 4.58 Å². The lowest BCUT2D eigenvalue weighted by Crippen LogP contribution is -2.58. The summed E-state index contributed by atoms with van der Waals surface area (Å²) in [6.45, 7) is 12.0. The second-order valence-electron chi connectivity index (χ2n) is 10.9. The molecule has 37 heavy (non-hydrogen) atoms. The molecule has 0 atom stereocenters. The predicted molar refractivity (Wildman–Crippen MR) is 135 cm³/mol. The number of aliphatic carboxylic acids is 1. The summed E-state index contributed by atoms with van der Waals surface area (Å²) >= 11 is 0. The van der Waals surface area contributed by atoms with Crippen LogP contribution >= 0.6 is 0 Å². The molecule has 0 bridgehead atoms. The second-order valence-corrected chi connectivity index (χ2v) is 11.7. The predicted octanol–water partition coefficient (Wildman–Crippen LogP) is -0.352. The Hall–Kier alpha value is -2.75. The van der Waals surface area contributed by atoms with Gasteiger partial charge < -0.3 is 10.0 Å². The number of carboxylic acids is 1. The van der Waals surface area contributed by atoms with E-state index in [1.165, 1.54) is 44.1 Å². The summed E-state index contributed by atoms with van der Waals surface area (Å²) in [5.74, 6) is -0.735. The SMILES string of the molecule is CC1=CC(C)(C)[N+](CCCC(=O)O)=c2cc3c(cc21)=Cc1ccc(N(C)C)cc1C3(C)C.[O-][Cl+3]([O-])([O-])O. The molecule has 8 nitrogen and oxygen atoms in total. The van der Waals surface area contributed by atoms with Crippen molar-refractivity contribution in [1.82, 2.24) is 4.58 Å². The van der Waals surface area contributed by atoms with Crippen LogP contribution in [0.1, 0.15) is 69.7 Å². The van der Waals surface area contributed by atoms with Crippen molar-refractivity contribution in [2.24, 2.45) is 0 Å². The van der Waals surface area contributed by atoms with Gasteiger partial charge in [0.05, 0.1) is 21.3 Å². The molecule has 0 amide bonds. The fourth-order valence-electron chi connectivity index (χ4n) is 5.40. The number of benzene rings is 2. The molecule has 9 heteroatoms. The lowest BCUT2D eigenvalue weighted by Gasteiger charge is -2.33. The van der Waals surface area contributed by atoms with E-state index in [0.717, 1.165) is 6.54 Å². The zero-order chi connectivity index (χ0) is 27.9. The number of carbonyl (C=O) groups is 1. The van der Waals surface area contributed by atoms with Crippen molar-refractivity contribution in [3.05, 3.63) is 69.2 Å². The van der Waals surface area contributed by atoms with Crippen LogP contribution in [-0.2, 0) is 10.2 Å². The quantitative estimate of drug-likeness (QED) is 0.504. The van der Waals surface area contributed by atoms with Crippen LogP contribution in [0.5, 0.6) is 0 Å². The van der Waals surface area contributed by atoms with Crippen LogP contribution in [0.25, 0.3) is 11.6 Å². The maximum atomic E-state index is 11.1. The minimum absolute atomic E-state index is 0.133. The van der Waals surface area contributed by atoms with Gasteiger partial charge >= 0.3 is 5.97 Å². The number of fused-ring (bicyclic) bond motifs is 3. The van der Waals surface area contributed by atoms with Gasteiger partial charge in [0.15, 0.2) is 5.54 Å². The zero-order valence-corrected chi connectivity index (χ0v) is 23.2. The lowest BCUT2D eigenvalue weighted by molar-refractivity contribution is -1.92. The summed E-state index contributed by atoms with van der Waals surface area (Å²) in [6.07, 6.45) is 5.45. The van der Waals surface area contributed by atoms with Gasteiger partial charge in [-0.05, 0) is 64.8 Å². The smallest absolute Gasteiger partial charge is 0.303 e. The Balaban J connectivity index is 0.000000695. The van der Waals surface area contributed by atoms with Gasteiger partial charge in [-0.15, -0.1) is 0 Å². The first-order valence-corrected chi connectivity index (χ1v) is 13.4. The number of allylic oxidation sites excluding steroid dienone is 1. The maximum Gasteiger partial charge on any atom is 0.303 e. The fourth-order valence-corrected chi connectivity index (χ4v) is 5.40. The lowest BCUT2D eigenvalue weighted by atomic mass is 9.71. The van der Waals surface area contributed by atoms with Crippen LogP contribution in [0, 0.1) is 10.2 Å². The third kappa shape index (κ3) is 6.40. The largest absolute Gasteiger partial charge is 0.481 e. The zero-order valence-electron chi connectivity index (χ0n) is 22.5. The Morgan fingerprint density at radius 1 is 1.05 bits per heavy atom. The van der Waals surface area contributed by atoms with Crippen molar-refractivity contribution < 1.29 is 38.8 Å². The Bertz CT molecular complexity index is 1360. The van der Waals surface area contributed by atoms with E-state index >= 15 is 0 Å². The molecular formula is C28H36ClN2O6+. The number of hydrogen-bond donors (Lipinski definition) is 2. The topological polar surface area (TPSA) is 133 Å². The highest BCUT2D eigenvalue weighted by Crippen LogP contribution is 2.37. The van der Waals surface area contributed by atoms with Crippen molar-refractivity contribution in [3.63, 3.8) is 0 Å². The highest BCUT2D eigenvalue weighted by Gasteiger charge is 2.36. The van der Waals surface area contributed by atoms with Crippen LogP contribution in [0.3, 0.4) is 0 Å². The van der Waals surface area contributed by atoms with E-state index in [-0.39, 0.29) is 17.4 Å². The van der Waals surface area contributed by atoms with Crippen LogP contribution < -0.4 is 34.0 Å². The van der Waals surface area contributed by atoms with Crippen molar-refractivity contribution in [2.75, 3.05) is 25.5 Å². The standard InChI is InChI=1S/C28H34N2O2.ClHO4/c1-18-17-27(2,3)30(12-8-9-26(31)32)25-16-24-20(14-22(18)25)13-19-10-11-21(29(6)7)15-23(19)28(24,4)5;2-1(3,4)5/h10-11,13-17H,8-9,12H2,1-7H3;(H,2,3,4,5)/p+1. The normalized spacial score (nSPS) is 16.7. The van der Waals surface area contributed by atoms with Crippen LogP contribution in [0.2, 0.25) is 0 Å². The van der Waals surface area contributed by atoms with Crippen molar-refractivity contribution >= 4 is 23.3 Å². The molecule has 0 unspecified atom stereocenters. The molecule has 0 spiro atoms. The molecule has 2 aromatic rings. The Morgan fingerprint density at radius 3 is 2.24 bits per heavy atom. The molecule has 1 aliphatic carbocycles. The number of halogens is 1. The molecule has 0 saturated heterocycles. The van der Waals surface area contributed by atoms with E-state index in [4.69, 9.17) is 23.7 Å². The van der Waals surface area contributed by atoms with Crippen molar-refractivity contribution in [2.45, 2.75) is 58.4 Å². The summed E-state index contributed by atoms with van der Waals surface area (Å²) in [6, 6.07) is 11.4. The first kappa shape index (κ1) is 28.8. The molecule has 2 N–H and O–H groups in total. The Morgan fingerprint density at radius 2 is 1.68 bits per heavy atom. The first-order chi connectivity index (χ1) is 16.9. The van der Waals surface area contributed by atoms with E-state index in [2.05, 4.69) is 101 Å². The summed E-state index contributed by atoms with van der Waals surface area (Å²) in [5, 5.41) is 11.6.